The molecule has 0 radical (unpaired) electrons. The fourth-order valence-electron chi connectivity index (χ4n) is 3.47. The van der Waals surface area contributed by atoms with Crippen molar-refractivity contribution in [3.63, 3.8) is 0 Å². The zero-order valence-electron chi connectivity index (χ0n) is 27.0. The molecule has 0 aromatic rings. The van der Waals surface area contributed by atoms with Gasteiger partial charge in [-0.25, -0.2) is 0 Å². The van der Waals surface area contributed by atoms with Gasteiger partial charge in [0, 0.05) is 12.8 Å². The molecule has 0 spiro atoms. The highest BCUT2D eigenvalue weighted by atomic mass is 16.6. The Balaban J connectivity index is 3.11. The highest BCUT2D eigenvalue weighted by Crippen LogP contribution is 2.07. The van der Waals surface area contributed by atoms with Gasteiger partial charge in [-0.05, 0) is 12.8 Å². The summed E-state index contributed by atoms with van der Waals surface area (Å²) in [6.07, 6.45) is 8.64. The van der Waals surface area contributed by atoms with Crippen LogP contribution in [-0.2, 0) is 57.0 Å². The molecule has 0 aliphatic carbocycles. The maximum atomic E-state index is 11.6. The van der Waals surface area contributed by atoms with E-state index in [2.05, 4.69) is 6.92 Å². The van der Waals surface area contributed by atoms with E-state index < -0.39 is 0 Å². The van der Waals surface area contributed by atoms with Gasteiger partial charge in [0.1, 0.15) is 13.2 Å². The average Bonchev–Trinajstić information content (AvgIpc) is 3.00. The minimum absolute atomic E-state index is 0.146. The van der Waals surface area contributed by atoms with Crippen molar-refractivity contribution in [1.82, 2.24) is 0 Å². The van der Waals surface area contributed by atoms with Gasteiger partial charge in [-0.3, -0.25) is 9.59 Å². The van der Waals surface area contributed by atoms with Crippen LogP contribution in [0.4, 0.5) is 0 Å². The molecule has 12 heteroatoms. The number of hydrogen-bond acceptors (Lipinski definition) is 12. The number of hydrogen-bond donors (Lipinski definition) is 0. The van der Waals surface area contributed by atoms with E-state index in [0.717, 1.165) is 19.3 Å². The van der Waals surface area contributed by atoms with Crippen molar-refractivity contribution in [3.05, 3.63) is 0 Å². The van der Waals surface area contributed by atoms with Crippen molar-refractivity contribution in [2.75, 3.05) is 119 Å². The number of rotatable bonds is 36. The second-order valence-electron chi connectivity index (χ2n) is 9.61. The lowest BCUT2D eigenvalue weighted by atomic mass is 10.1. The minimum atomic E-state index is -0.189. The van der Waals surface area contributed by atoms with Crippen LogP contribution in [0.15, 0.2) is 0 Å². The van der Waals surface area contributed by atoms with Gasteiger partial charge in [0.05, 0.1) is 106 Å². The van der Waals surface area contributed by atoms with Gasteiger partial charge >= 0.3 is 11.9 Å². The standard InChI is InChI=1S/C31H60O12/c1-3-5-6-7-8-9-11-31(33)43-29-27-41-25-23-39-21-19-37-17-15-35-13-12-34-14-16-36-18-20-38-22-24-40-26-28-42-30(32)10-4-2/h3-29H2,1-2H3. The van der Waals surface area contributed by atoms with E-state index in [4.69, 9.17) is 47.4 Å². The van der Waals surface area contributed by atoms with Crippen molar-refractivity contribution < 1.29 is 57.0 Å². The third-order valence-corrected chi connectivity index (χ3v) is 5.77. The van der Waals surface area contributed by atoms with Crippen LogP contribution in [0.5, 0.6) is 0 Å². The van der Waals surface area contributed by atoms with E-state index >= 15 is 0 Å². The number of carbonyl (C=O) groups excluding carboxylic acids is 2. The summed E-state index contributed by atoms with van der Waals surface area (Å²) in [7, 11) is 0. The fraction of sp³-hybridized carbons (Fsp3) is 0.935. The van der Waals surface area contributed by atoms with Crippen molar-refractivity contribution >= 4 is 11.9 Å². The Hall–Kier alpha value is -1.38. The Morgan fingerprint density at radius 3 is 0.930 bits per heavy atom. The Morgan fingerprint density at radius 1 is 0.326 bits per heavy atom. The van der Waals surface area contributed by atoms with Crippen LogP contribution in [0.2, 0.25) is 0 Å². The molecule has 12 nitrogen and oxygen atoms in total. The van der Waals surface area contributed by atoms with Crippen LogP contribution in [0, 0.1) is 0 Å². The van der Waals surface area contributed by atoms with Gasteiger partial charge in [0.15, 0.2) is 0 Å². The molecular weight excluding hydrogens is 564 g/mol. The first-order chi connectivity index (χ1) is 21.2. The van der Waals surface area contributed by atoms with Crippen LogP contribution >= 0.6 is 0 Å². The van der Waals surface area contributed by atoms with Crippen molar-refractivity contribution in [3.8, 4) is 0 Å². The molecule has 0 heterocycles. The van der Waals surface area contributed by atoms with Crippen LogP contribution in [-0.4, -0.2) is 131 Å². The molecule has 0 aliphatic rings. The Morgan fingerprint density at radius 2 is 0.605 bits per heavy atom. The second-order valence-corrected chi connectivity index (χ2v) is 9.61. The van der Waals surface area contributed by atoms with Gasteiger partial charge in [-0.2, -0.15) is 0 Å². The first kappa shape index (κ1) is 41.6. The molecule has 0 atom stereocenters. The first-order valence-corrected chi connectivity index (χ1v) is 16.1. The minimum Gasteiger partial charge on any atom is -0.463 e. The number of esters is 2. The van der Waals surface area contributed by atoms with Crippen LogP contribution < -0.4 is 0 Å². The van der Waals surface area contributed by atoms with Gasteiger partial charge in [0.25, 0.3) is 0 Å². The fourth-order valence-corrected chi connectivity index (χ4v) is 3.47. The predicted octanol–water partition coefficient (Wildman–Crippen LogP) is 3.76. The molecule has 0 bridgehead atoms. The topological polar surface area (TPSA) is 126 Å². The van der Waals surface area contributed by atoms with E-state index in [1.807, 2.05) is 6.92 Å². The van der Waals surface area contributed by atoms with Crippen LogP contribution in [0.3, 0.4) is 0 Å². The third-order valence-electron chi connectivity index (χ3n) is 5.77. The number of carbonyl (C=O) groups is 2. The average molecular weight is 625 g/mol. The molecule has 0 fully saturated rings. The molecule has 0 aromatic heterocycles. The Bertz CT molecular complexity index is 579. The summed E-state index contributed by atoms with van der Waals surface area (Å²) in [5.41, 5.74) is 0. The van der Waals surface area contributed by atoms with Crippen molar-refractivity contribution in [2.24, 2.45) is 0 Å². The molecule has 0 N–H and O–H groups in total. The lowest BCUT2D eigenvalue weighted by Gasteiger charge is -2.09. The summed E-state index contributed by atoms with van der Waals surface area (Å²) >= 11 is 0. The molecule has 0 rings (SSSR count). The summed E-state index contributed by atoms with van der Waals surface area (Å²) in [6.45, 7) is 12.2. The van der Waals surface area contributed by atoms with Gasteiger partial charge in [0.2, 0.25) is 0 Å². The van der Waals surface area contributed by atoms with Crippen molar-refractivity contribution in [2.45, 2.75) is 71.6 Å². The van der Waals surface area contributed by atoms with E-state index in [9.17, 15) is 9.59 Å². The second kappa shape index (κ2) is 36.8. The van der Waals surface area contributed by atoms with Crippen molar-refractivity contribution in [1.29, 1.82) is 0 Å². The molecule has 0 saturated carbocycles. The molecule has 0 amide bonds. The Labute approximate surface area is 259 Å². The lowest BCUT2D eigenvalue weighted by molar-refractivity contribution is -0.146. The van der Waals surface area contributed by atoms with E-state index in [0.29, 0.717) is 119 Å². The molecule has 0 saturated heterocycles. The van der Waals surface area contributed by atoms with Gasteiger partial charge in [-0.15, -0.1) is 0 Å². The molecular formula is C31H60O12. The van der Waals surface area contributed by atoms with E-state index in [1.165, 1.54) is 25.7 Å². The largest absolute Gasteiger partial charge is 0.463 e. The summed E-state index contributed by atoms with van der Waals surface area (Å²) < 4.78 is 53.6. The quantitative estimate of drug-likeness (QED) is 0.0744. The monoisotopic (exact) mass is 624 g/mol. The Kier molecular flexibility index (Phi) is 35.6. The summed E-state index contributed by atoms with van der Waals surface area (Å²) in [5.74, 6) is -0.335. The van der Waals surface area contributed by atoms with E-state index in [1.54, 1.807) is 0 Å². The summed E-state index contributed by atoms with van der Waals surface area (Å²) in [6, 6.07) is 0. The predicted molar refractivity (Wildman–Crippen MR) is 161 cm³/mol. The lowest BCUT2D eigenvalue weighted by Crippen LogP contribution is -2.15. The number of ether oxygens (including phenoxy) is 10. The molecule has 0 aliphatic heterocycles. The zero-order valence-corrected chi connectivity index (χ0v) is 27.0. The summed E-state index contributed by atoms with van der Waals surface area (Å²) in [4.78, 5) is 22.8. The number of unbranched alkanes of at least 4 members (excludes halogenated alkanes) is 5. The van der Waals surface area contributed by atoms with Crippen LogP contribution in [0.25, 0.3) is 0 Å². The van der Waals surface area contributed by atoms with Gasteiger partial charge in [-0.1, -0.05) is 46.0 Å². The normalized spacial score (nSPS) is 11.2. The van der Waals surface area contributed by atoms with Crippen LogP contribution in [0.1, 0.15) is 71.6 Å². The third kappa shape index (κ3) is 36.7. The summed E-state index contributed by atoms with van der Waals surface area (Å²) in [5, 5.41) is 0. The van der Waals surface area contributed by atoms with Gasteiger partial charge < -0.3 is 47.4 Å². The highest BCUT2D eigenvalue weighted by molar-refractivity contribution is 5.69. The maximum Gasteiger partial charge on any atom is 0.305 e. The molecule has 0 aromatic carbocycles. The highest BCUT2D eigenvalue weighted by Gasteiger charge is 2.03. The zero-order chi connectivity index (χ0) is 31.3. The smallest absolute Gasteiger partial charge is 0.305 e. The molecule has 256 valence electrons. The maximum absolute atomic E-state index is 11.6. The van der Waals surface area contributed by atoms with E-state index in [-0.39, 0.29) is 25.2 Å². The first-order valence-electron chi connectivity index (χ1n) is 16.1. The SMILES string of the molecule is CCCCCCCCC(=O)OCCOCCOCCOCCOCCOCCOCCOCCOCCOC(=O)CCC. The molecule has 0 unspecified atom stereocenters. The molecule has 43 heavy (non-hydrogen) atoms.